The van der Waals surface area contributed by atoms with Gasteiger partial charge in [-0.1, -0.05) is 41.6 Å². The fourth-order valence-electron chi connectivity index (χ4n) is 3.32. The average Bonchev–Trinajstić information content (AvgIpc) is 2.98. The first kappa shape index (κ1) is 24.4. The molecule has 32 heavy (non-hydrogen) atoms. The van der Waals surface area contributed by atoms with Gasteiger partial charge in [0.15, 0.2) is 11.5 Å². The Balaban J connectivity index is 1.72. The number of halogens is 1. The molecule has 5 nitrogen and oxygen atoms in total. The first-order chi connectivity index (χ1) is 15.3. The highest BCUT2D eigenvalue weighted by Crippen LogP contribution is 2.39. The van der Waals surface area contributed by atoms with E-state index < -0.39 is 0 Å². The molecule has 1 fully saturated rings. The summed E-state index contributed by atoms with van der Waals surface area (Å²) in [5, 5.41) is 0.402. The molecule has 0 bridgehead atoms. The van der Waals surface area contributed by atoms with Gasteiger partial charge in [-0.15, -0.1) is 0 Å². The lowest BCUT2D eigenvalue weighted by atomic mass is 10.1. The smallest absolute Gasteiger partial charge is 0.266 e. The summed E-state index contributed by atoms with van der Waals surface area (Å²) in [5.41, 5.74) is 3.04. The van der Waals surface area contributed by atoms with E-state index in [1.165, 1.54) is 11.8 Å². The van der Waals surface area contributed by atoms with E-state index in [0.29, 0.717) is 52.1 Å². The Morgan fingerprint density at radius 2 is 1.72 bits per heavy atom. The minimum Gasteiger partial charge on any atom is -0.490 e. The van der Waals surface area contributed by atoms with Crippen LogP contribution in [0.5, 0.6) is 17.2 Å². The van der Waals surface area contributed by atoms with E-state index in [2.05, 4.69) is 6.07 Å². The molecule has 2 aromatic carbocycles. The Kier molecular flexibility index (Phi) is 8.45. The van der Waals surface area contributed by atoms with Crippen LogP contribution in [0.4, 0.5) is 0 Å². The zero-order valence-corrected chi connectivity index (χ0v) is 21.0. The topological polar surface area (TPSA) is 48.0 Å². The standard InChI is InChI=1S/C24H26ClNO4S2/c1-5-26-23(27)21(32-24(26)31)14-17-12-19(25)22(20(13-17)28-6-2)30-8-7-29-18-10-15(3)9-16(4)11-18/h9-14H,5-8H2,1-4H3. The van der Waals surface area contributed by atoms with Crippen molar-refractivity contribution in [3.63, 3.8) is 0 Å². The van der Waals surface area contributed by atoms with E-state index in [9.17, 15) is 4.79 Å². The highest BCUT2D eigenvalue weighted by atomic mass is 35.5. The average molecular weight is 492 g/mol. The summed E-state index contributed by atoms with van der Waals surface area (Å²) in [6, 6.07) is 9.64. The van der Waals surface area contributed by atoms with E-state index in [1.807, 2.05) is 45.9 Å². The number of thioether (sulfide) groups is 1. The molecule has 0 aromatic heterocycles. The summed E-state index contributed by atoms with van der Waals surface area (Å²) >= 11 is 13.1. The van der Waals surface area contributed by atoms with Crippen molar-refractivity contribution < 1.29 is 19.0 Å². The van der Waals surface area contributed by atoms with E-state index in [1.54, 1.807) is 17.0 Å². The number of ether oxygens (including phenoxy) is 3. The van der Waals surface area contributed by atoms with Gasteiger partial charge in [-0.05, 0) is 74.7 Å². The maximum atomic E-state index is 12.5. The third kappa shape index (κ3) is 5.97. The van der Waals surface area contributed by atoms with Crippen LogP contribution in [0.15, 0.2) is 35.2 Å². The van der Waals surface area contributed by atoms with Crippen molar-refractivity contribution in [2.45, 2.75) is 27.7 Å². The van der Waals surface area contributed by atoms with Gasteiger partial charge in [0.05, 0.1) is 16.5 Å². The van der Waals surface area contributed by atoms with Crippen molar-refractivity contribution in [2.75, 3.05) is 26.4 Å². The quantitative estimate of drug-likeness (QED) is 0.242. The molecule has 0 spiro atoms. The number of carbonyl (C=O) groups is 1. The largest absolute Gasteiger partial charge is 0.490 e. The number of rotatable bonds is 9. The minimum atomic E-state index is -0.0968. The second-order valence-electron chi connectivity index (χ2n) is 7.21. The van der Waals surface area contributed by atoms with Gasteiger partial charge in [0.1, 0.15) is 23.3 Å². The van der Waals surface area contributed by atoms with Crippen molar-refractivity contribution in [1.29, 1.82) is 0 Å². The lowest BCUT2D eigenvalue weighted by Crippen LogP contribution is -2.27. The van der Waals surface area contributed by atoms with Crippen LogP contribution in [0.3, 0.4) is 0 Å². The number of hydrogen-bond donors (Lipinski definition) is 0. The van der Waals surface area contributed by atoms with Crippen LogP contribution in [0, 0.1) is 13.8 Å². The molecule has 8 heteroatoms. The van der Waals surface area contributed by atoms with Gasteiger partial charge in [-0.3, -0.25) is 9.69 Å². The zero-order valence-electron chi connectivity index (χ0n) is 18.6. The second kappa shape index (κ2) is 11.1. The number of benzene rings is 2. The number of nitrogens with zero attached hydrogens (tertiary/aromatic N) is 1. The molecule has 0 atom stereocenters. The van der Waals surface area contributed by atoms with Crippen LogP contribution in [-0.2, 0) is 4.79 Å². The molecule has 1 amide bonds. The Morgan fingerprint density at radius 3 is 2.34 bits per heavy atom. The van der Waals surface area contributed by atoms with Crippen molar-refractivity contribution in [1.82, 2.24) is 4.90 Å². The third-order valence-electron chi connectivity index (χ3n) is 4.61. The molecule has 1 aliphatic rings. The second-order valence-corrected chi connectivity index (χ2v) is 9.29. The van der Waals surface area contributed by atoms with Crippen LogP contribution in [0.1, 0.15) is 30.5 Å². The minimum absolute atomic E-state index is 0.0968. The molecule has 0 unspecified atom stereocenters. The van der Waals surface area contributed by atoms with Gasteiger partial charge in [0, 0.05) is 6.54 Å². The summed E-state index contributed by atoms with van der Waals surface area (Å²) in [5.74, 6) is 1.68. The van der Waals surface area contributed by atoms with E-state index in [-0.39, 0.29) is 5.91 Å². The van der Waals surface area contributed by atoms with Gasteiger partial charge >= 0.3 is 0 Å². The first-order valence-corrected chi connectivity index (χ1v) is 12.0. The molecule has 2 aromatic rings. The van der Waals surface area contributed by atoms with Crippen LogP contribution in [0.2, 0.25) is 5.02 Å². The monoisotopic (exact) mass is 491 g/mol. The van der Waals surface area contributed by atoms with Gasteiger partial charge in [0.2, 0.25) is 0 Å². The highest BCUT2D eigenvalue weighted by molar-refractivity contribution is 8.26. The van der Waals surface area contributed by atoms with Crippen molar-refractivity contribution in [3.8, 4) is 17.2 Å². The third-order valence-corrected chi connectivity index (χ3v) is 6.27. The predicted octanol–water partition coefficient (Wildman–Crippen LogP) is 6.03. The molecular formula is C24H26ClNO4S2. The van der Waals surface area contributed by atoms with Crippen LogP contribution < -0.4 is 14.2 Å². The van der Waals surface area contributed by atoms with Gasteiger partial charge < -0.3 is 14.2 Å². The molecule has 1 saturated heterocycles. The Bertz CT molecular complexity index is 1030. The maximum absolute atomic E-state index is 12.5. The molecule has 0 aliphatic carbocycles. The zero-order chi connectivity index (χ0) is 23.3. The lowest BCUT2D eigenvalue weighted by molar-refractivity contribution is -0.121. The molecule has 0 radical (unpaired) electrons. The number of hydrogen-bond acceptors (Lipinski definition) is 6. The van der Waals surface area contributed by atoms with E-state index >= 15 is 0 Å². The Morgan fingerprint density at radius 1 is 1.03 bits per heavy atom. The molecular weight excluding hydrogens is 466 g/mol. The summed E-state index contributed by atoms with van der Waals surface area (Å²) in [7, 11) is 0. The molecule has 3 rings (SSSR count). The fourth-order valence-corrected chi connectivity index (χ4v) is 4.98. The SMILES string of the molecule is CCOc1cc(C=C2SC(=S)N(CC)C2=O)cc(Cl)c1OCCOc1cc(C)cc(C)c1. The number of likely N-dealkylation sites (N-methyl/N-ethyl adjacent to an activating group) is 1. The van der Waals surface area contributed by atoms with E-state index in [4.69, 9.17) is 38.0 Å². The van der Waals surface area contributed by atoms with Crippen LogP contribution in [0.25, 0.3) is 6.08 Å². The van der Waals surface area contributed by atoms with Crippen molar-refractivity contribution in [2.24, 2.45) is 0 Å². The predicted molar refractivity (Wildman–Crippen MR) is 135 cm³/mol. The molecule has 0 saturated carbocycles. The fraction of sp³-hybridized carbons (Fsp3) is 0.333. The summed E-state index contributed by atoms with van der Waals surface area (Å²) in [6.45, 7) is 9.52. The van der Waals surface area contributed by atoms with Gasteiger partial charge in [0.25, 0.3) is 5.91 Å². The first-order valence-electron chi connectivity index (χ1n) is 10.4. The Hall–Kier alpha value is -2.22. The van der Waals surface area contributed by atoms with Crippen molar-refractivity contribution in [3.05, 3.63) is 56.9 Å². The molecule has 0 N–H and O–H groups in total. The van der Waals surface area contributed by atoms with Crippen molar-refractivity contribution >= 4 is 51.9 Å². The summed E-state index contributed by atoms with van der Waals surface area (Å²) < 4.78 is 18.0. The van der Waals surface area contributed by atoms with Gasteiger partial charge in [-0.25, -0.2) is 0 Å². The highest BCUT2D eigenvalue weighted by Gasteiger charge is 2.30. The summed E-state index contributed by atoms with van der Waals surface area (Å²) in [4.78, 5) is 14.6. The number of aryl methyl sites for hydroxylation is 2. The number of amides is 1. The molecule has 1 heterocycles. The van der Waals surface area contributed by atoms with E-state index in [0.717, 1.165) is 22.4 Å². The van der Waals surface area contributed by atoms with Crippen LogP contribution >= 0.6 is 35.6 Å². The Labute approximate surface area is 203 Å². The van der Waals surface area contributed by atoms with Crippen LogP contribution in [-0.4, -0.2) is 41.5 Å². The normalized spacial score (nSPS) is 14.9. The van der Waals surface area contributed by atoms with Gasteiger partial charge in [-0.2, -0.15) is 0 Å². The summed E-state index contributed by atoms with van der Waals surface area (Å²) in [6.07, 6.45) is 1.77. The number of thiocarbonyl (C=S) groups is 1. The number of carbonyl (C=O) groups excluding carboxylic acids is 1. The maximum Gasteiger partial charge on any atom is 0.266 e. The molecule has 1 aliphatic heterocycles. The molecule has 170 valence electrons. The lowest BCUT2D eigenvalue weighted by Gasteiger charge is -2.15.